The monoisotopic (exact) mass is 278 g/mol. The molecule has 1 aromatic carbocycles. The second kappa shape index (κ2) is 5.71. The average molecular weight is 278 g/mol. The maximum Gasteiger partial charge on any atom is 0.253 e. The van der Waals surface area contributed by atoms with E-state index < -0.39 is 5.60 Å². The third-order valence-electron chi connectivity index (χ3n) is 3.83. The van der Waals surface area contributed by atoms with Crippen molar-refractivity contribution in [3.8, 4) is 5.75 Å². The highest BCUT2D eigenvalue weighted by atomic mass is 16.5. The minimum absolute atomic E-state index is 0.0444. The predicted molar refractivity (Wildman–Crippen MR) is 77.8 cm³/mol. The number of aliphatic hydroxyl groups is 1. The Morgan fingerprint density at radius 1 is 1.40 bits per heavy atom. The molecule has 5 nitrogen and oxygen atoms in total. The van der Waals surface area contributed by atoms with E-state index in [1.807, 2.05) is 6.92 Å². The molecule has 1 aliphatic rings. The van der Waals surface area contributed by atoms with Gasteiger partial charge in [0.1, 0.15) is 5.75 Å². The van der Waals surface area contributed by atoms with Crippen molar-refractivity contribution in [1.29, 1.82) is 0 Å². The first-order valence-electron chi connectivity index (χ1n) is 6.88. The summed E-state index contributed by atoms with van der Waals surface area (Å²) in [5, 5.41) is 10.1. The van der Waals surface area contributed by atoms with Gasteiger partial charge in [0.15, 0.2) is 0 Å². The first-order chi connectivity index (χ1) is 9.43. The number of carbonyl (C=O) groups excluding carboxylic acids is 1. The van der Waals surface area contributed by atoms with Crippen LogP contribution in [0.4, 0.5) is 5.69 Å². The Bertz CT molecular complexity index is 500. The van der Waals surface area contributed by atoms with E-state index in [0.29, 0.717) is 36.5 Å². The molecule has 1 fully saturated rings. The highest BCUT2D eigenvalue weighted by molar-refractivity contribution is 5.95. The van der Waals surface area contributed by atoms with Gasteiger partial charge < -0.3 is 20.5 Å². The lowest BCUT2D eigenvalue weighted by Crippen LogP contribution is -2.33. The zero-order chi connectivity index (χ0) is 14.8. The first-order valence-corrected chi connectivity index (χ1v) is 6.88. The molecule has 1 aliphatic heterocycles. The summed E-state index contributed by atoms with van der Waals surface area (Å²) < 4.78 is 5.09. The van der Waals surface area contributed by atoms with E-state index in [-0.39, 0.29) is 5.91 Å². The second-order valence-corrected chi connectivity index (χ2v) is 5.60. The van der Waals surface area contributed by atoms with E-state index in [1.54, 1.807) is 30.2 Å². The van der Waals surface area contributed by atoms with E-state index in [0.717, 1.165) is 12.8 Å². The molecule has 1 atom stereocenters. The van der Waals surface area contributed by atoms with Crippen molar-refractivity contribution < 1.29 is 14.6 Å². The van der Waals surface area contributed by atoms with Crippen LogP contribution in [0.25, 0.3) is 0 Å². The summed E-state index contributed by atoms with van der Waals surface area (Å²) in [7, 11) is 1.55. The molecule has 0 saturated carbocycles. The molecular weight excluding hydrogens is 256 g/mol. The molecule has 0 bridgehead atoms. The molecule has 3 N–H and O–H groups in total. The van der Waals surface area contributed by atoms with Gasteiger partial charge in [0.2, 0.25) is 0 Å². The topological polar surface area (TPSA) is 75.8 Å². The molecule has 1 aromatic rings. The van der Waals surface area contributed by atoms with Gasteiger partial charge in [-0.1, -0.05) is 0 Å². The number of nitrogens with two attached hydrogens (primary N) is 1. The third-order valence-corrected chi connectivity index (χ3v) is 3.83. The average Bonchev–Trinajstić information content (AvgIpc) is 2.59. The zero-order valence-corrected chi connectivity index (χ0v) is 12.1. The maximum atomic E-state index is 12.5. The summed E-state index contributed by atoms with van der Waals surface area (Å²) in [6.45, 7) is 3.06. The Morgan fingerprint density at radius 3 is 2.80 bits per heavy atom. The Balaban J connectivity index is 2.13. The molecule has 1 unspecified atom stereocenters. The largest absolute Gasteiger partial charge is 0.495 e. The number of carbonyl (C=O) groups is 1. The molecule has 1 amide bonds. The van der Waals surface area contributed by atoms with Gasteiger partial charge in [-0.25, -0.2) is 0 Å². The van der Waals surface area contributed by atoms with Gasteiger partial charge in [-0.2, -0.15) is 0 Å². The van der Waals surface area contributed by atoms with Crippen LogP contribution in [-0.4, -0.2) is 41.7 Å². The number of methoxy groups -OCH3 is 1. The Kier molecular flexibility index (Phi) is 4.18. The highest BCUT2D eigenvalue weighted by Gasteiger charge is 2.27. The lowest BCUT2D eigenvalue weighted by atomic mass is 9.98. The fourth-order valence-electron chi connectivity index (χ4n) is 2.52. The van der Waals surface area contributed by atoms with Crippen molar-refractivity contribution in [3.63, 3.8) is 0 Å². The quantitative estimate of drug-likeness (QED) is 0.807. The van der Waals surface area contributed by atoms with Crippen LogP contribution >= 0.6 is 0 Å². The van der Waals surface area contributed by atoms with E-state index in [1.165, 1.54) is 0 Å². The SMILES string of the molecule is COc1ccc(C(=O)N2CCCC(C)(O)CC2)cc1N. The van der Waals surface area contributed by atoms with Crippen LogP contribution in [0.5, 0.6) is 5.75 Å². The summed E-state index contributed by atoms with van der Waals surface area (Å²) in [5.41, 5.74) is 6.18. The fourth-order valence-corrected chi connectivity index (χ4v) is 2.52. The Hall–Kier alpha value is -1.75. The van der Waals surface area contributed by atoms with E-state index in [2.05, 4.69) is 0 Å². The number of nitrogens with zero attached hydrogens (tertiary/aromatic N) is 1. The Labute approximate surface area is 119 Å². The van der Waals surface area contributed by atoms with Crippen LogP contribution in [0.1, 0.15) is 36.5 Å². The number of anilines is 1. The molecule has 2 rings (SSSR count). The van der Waals surface area contributed by atoms with Crippen molar-refractivity contribution in [3.05, 3.63) is 23.8 Å². The summed E-state index contributed by atoms with van der Waals surface area (Å²) >= 11 is 0. The van der Waals surface area contributed by atoms with Crippen molar-refractivity contribution in [2.45, 2.75) is 31.8 Å². The number of hydrogen-bond acceptors (Lipinski definition) is 4. The van der Waals surface area contributed by atoms with Crippen LogP contribution < -0.4 is 10.5 Å². The summed E-state index contributed by atoms with van der Waals surface area (Å²) in [4.78, 5) is 14.2. The summed E-state index contributed by atoms with van der Waals surface area (Å²) in [6, 6.07) is 5.07. The van der Waals surface area contributed by atoms with Gasteiger partial charge in [0.25, 0.3) is 5.91 Å². The van der Waals surface area contributed by atoms with E-state index in [9.17, 15) is 9.90 Å². The highest BCUT2D eigenvalue weighted by Crippen LogP contribution is 2.25. The van der Waals surface area contributed by atoms with Gasteiger partial charge in [-0.3, -0.25) is 4.79 Å². The molecule has 5 heteroatoms. The number of nitrogen functional groups attached to an aromatic ring is 1. The van der Waals surface area contributed by atoms with E-state index in [4.69, 9.17) is 10.5 Å². The molecule has 0 spiro atoms. The molecule has 0 aromatic heterocycles. The van der Waals surface area contributed by atoms with Crippen LogP contribution in [-0.2, 0) is 0 Å². The molecule has 0 aliphatic carbocycles. The smallest absolute Gasteiger partial charge is 0.253 e. The minimum atomic E-state index is -0.673. The molecule has 0 radical (unpaired) electrons. The van der Waals surface area contributed by atoms with E-state index >= 15 is 0 Å². The number of rotatable bonds is 2. The van der Waals surface area contributed by atoms with Crippen molar-refractivity contribution >= 4 is 11.6 Å². The standard InChI is InChI=1S/C15H22N2O3/c1-15(19)6-3-8-17(9-7-15)14(18)11-4-5-13(20-2)12(16)10-11/h4-5,10,19H,3,6-9,16H2,1-2H3. The normalized spacial score (nSPS) is 23.2. The van der Waals surface area contributed by atoms with Crippen LogP contribution in [0, 0.1) is 0 Å². The molecular formula is C15H22N2O3. The maximum absolute atomic E-state index is 12.5. The zero-order valence-electron chi connectivity index (χ0n) is 12.1. The first kappa shape index (κ1) is 14.7. The minimum Gasteiger partial charge on any atom is -0.495 e. The van der Waals surface area contributed by atoms with Crippen LogP contribution in [0.15, 0.2) is 18.2 Å². The molecule has 1 saturated heterocycles. The van der Waals surface area contributed by atoms with Gasteiger partial charge in [-0.15, -0.1) is 0 Å². The Morgan fingerprint density at radius 2 is 2.15 bits per heavy atom. The molecule has 110 valence electrons. The summed E-state index contributed by atoms with van der Waals surface area (Å²) in [5.74, 6) is 0.525. The fraction of sp³-hybridized carbons (Fsp3) is 0.533. The van der Waals surface area contributed by atoms with Crippen LogP contribution in [0.2, 0.25) is 0 Å². The van der Waals surface area contributed by atoms with Crippen molar-refractivity contribution in [2.24, 2.45) is 0 Å². The molecule has 1 heterocycles. The predicted octanol–water partition coefficient (Wildman–Crippen LogP) is 1.65. The third kappa shape index (κ3) is 3.22. The lowest BCUT2D eigenvalue weighted by molar-refractivity contribution is 0.0438. The van der Waals surface area contributed by atoms with Gasteiger partial charge in [0, 0.05) is 18.7 Å². The number of likely N-dealkylation sites (tertiary alicyclic amines) is 1. The number of benzene rings is 1. The number of hydrogen-bond donors (Lipinski definition) is 2. The van der Waals surface area contributed by atoms with Gasteiger partial charge >= 0.3 is 0 Å². The van der Waals surface area contributed by atoms with Crippen molar-refractivity contribution in [1.82, 2.24) is 4.90 Å². The number of ether oxygens (including phenoxy) is 1. The van der Waals surface area contributed by atoms with Crippen LogP contribution in [0.3, 0.4) is 0 Å². The lowest BCUT2D eigenvalue weighted by Gasteiger charge is -2.23. The summed E-state index contributed by atoms with van der Waals surface area (Å²) in [6.07, 6.45) is 2.14. The van der Waals surface area contributed by atoms with Crippen molar-refractivity contribution in [2.75, 3.05) is 25.9 Å². The van der Waals surface area contributed by atoms with Gasteiger partial charge in [-0.05, 0) is 44.4 Å². The van der Waals surface area contributed by atoms with Gasteiger partial charge in [0.05, 0.1) is 18.4 Å². The molecule has 20 heavy (non-hydrogen) atoms. The second-order valence-electron chi connectivity index (χ2n) is 5.60. The number of amides is 1.